The average molecular weight is 240 g/mol. The standard InChI is InChI=1S/C14H24O3/c1-13(2)16-11-6-12(17-13)14(9-10-15)7-4-3-5-8-14/h10,12H,3-9,11H2,1-2H3. The third-order valence-electron chi connectivity index (χ3n) is 4.28. The number of ether oxygens (including phenoxy) is 2. The van der Waals surface area contributed by atoms with Crippen LogP contribution in [0.15, 0.2) is 0 Å². The minimum absolute atomic E-state index is 0.0844. The summed E-state index contributed by atoms with van der Waals surface area (Å²) in [6, 6.07) is 0. The van der Waals surface area contributed by atoms with Gasteiger partial charge < -0.3 is 14.3 Å². The predicted octanol–water partition coefficient (Wildman–Crippen LogP) is 3.07. The lowest BCUT2D eigenvalue weighted by Gasteiger charge is -2.48. The molecule has 0 aromatic heterocycles. The minimum atomic E-state index is -0.490. The third kappa shape index (κ3) is 2.89. The highest BCUT2D eigenvalue weighted by Crippen LogP contribution is 2.46. The largest absolute Gasteiger partial charge is 0.350 e. The van der Waals surface area contributed by atoms with E-state index < -0.39 is 5.79 Å². The van der Waals surface area contributed by atoms with Gasteiger partial charge in [-0.25, -0.2) is 0 Å². The van der Waals surface area contributed by atoms with Crippen molar-refractivity contribution in [3.63, 3.8) is 0 Å². The first-order valence-electron chi connectivity index (χ1n) is 6.83. The van der Waals surface area contributed by atoms with Crippen LogP contribution in [0.1, 0.15) is 58.8 Å². The van der Waals surface area contributed by atoms with E-state index in [0.29, 0.717) is 6.42 Å². The Bertz CT molecular complexity index is 267. The molecule has 0 radical (unpaired) electrons. The van der Waals surface area contributed by atoms with Crippen molar-refractivity contribution in [1.29, 1.82) is 0 Å². The molecule has 2 aliphatic rings. The summed E-state index contributed by atoms with van der Waals surface area (Å²) in [4.78, 5) is 11.0. The summed E-state index contributed by atoms with van der Waals surface area (Å²) in [5, 5.41) is 0. The molecule has 0 amide bonds. The van der Waals surface area contributed by atoms with E-state index in [9.17, 15) is 4.79 Å². The molecule has 1 aliphatic heterocycles. The van der Waals surface area contributed by atoms with Gasteiger partial charge in [-0.2, -0.15) is 0 Å². The Morgan fingerprint density at radius 2 is 1.94 bits per heavy atom. The lowest BCUT2D eigenvalue weighted by atomic mass is 9.67. The van der Waals surface area contributed by atoms with Gasteiger partial charge in [0.25, 0.3) is 0 Å². The quantitative estimate of drug-likeness (QED) is 0.711. The van der Waals surface area contributed by atoms with Crippen LogP contribution in [-0.4, -0.2) is 24.8 Å². The molecule has 0 spiro atoms. The molecule has 2 fully saturated rings. The fraction of sp³-hybridized carbons (Fsp3) is 0.929. The zero-order chi connectivity index (χ0) is 12.4. The Hall–Kier alpha value is -0.410. The van der Waals surface area contributed by atoms with E-state index in [1.807, 2.05) is 13.8 Å². The van der Waals surface area contributed by atoms with Crippen molar-refractivity contribution in [3.05, 3.63) is 0 Å². The van der Waals surface area contributed by atoms with Crippen molar-refractivity contribution in [1.82, 2.24) is 0 Å². The van der Waals surface area contributed by atoms with Crippen molar-refractivity contribution in [2.75, 3.05) is 6.61 Å². The van der Waals surface area contributed by atoms with Gasteiger partial charge in [0.1, 0.15) is 6.29 Å². The molecule has 3 heteroatoms. The van der Waals surface area contributed by atoms with Crippen LogP contribution in [0.3, 0.4) is 0 Å². The van der Waals surface area contributed by atoms with E-state index in [2.05, 4.69) is 0 Å². The van der Waals surface area contributed by atoms with E-state index in [1.54, 1.807) is 0 Å². The Morgan fingerprint density at radius 1 is 1.24 bits per heavy atom. The van der Waals surface area contributed by atoms with Gasteiger partial charge in [-0.3, -0.25) is 0 Å². The van der Waals surface area contributed by atoms with Gasteiger partial charge in [-0.15, -0.1) is 0 Å². The minimum Gasteiger partial charge on any atom is -0.350 e. The summed E-state index contributed by atoms with van der Waals surface area (Å²) in [6.45, 7) is 4.69. The van der Waals surface area contributed by atoms with Gasteiger partial charge in [-0.05, 0) is 33.1 Å². The van der Waals surface area contributed by atoms with E-state index in [0.717, 1.165) is 32.2 Å². The molecule has 17 heavy (non-hydrogen) atoms. The molecule has 1 unspecified atom stereocenters. The molecule has 1 heterocycles. The highest BCUT2D eigenvalue weighted by atomic mass is 16.7. The number of rotatable bonds is 3. The molecule has 0 aromatic carbocycles. The van der Waals surface area contributed by atoms with E-state index >= 15 is 0 Å². The molecule has 1 aliphatic carbocycles. The second-order valence-corrected chi connectivity index (χ2v) is 5.94. The summed E-state index contributed by atoms with van der Waals surface area (Å²) in [5.41, 5.74) is 0.0844. The van der Waals surface area contributed by atoms with Crippen LogP contribution in [0.4, 0.5) is 0 Å². The summed E-state index contributed by atoms with van der Waals surface area (Å²) < 4.78 is 11.7. The molecule has 1 saturated heterocycles. The van der Waals surface area contributed by atoms with Crippen molar-refractivity contribution >= 4 is 6.29 Å². The molecule has 0 bridgehead atoms. The number of hydrogen-bond acceptors (Lipinski definition) is 3. The zero-order valence-electron chi connectivity index (χ0n) is 11.0. The van der Waals surface area contributed by atoms with Crippen LogP contribution in [-0.2, 0) is 14.3 Å². The molecular formula is C14H24O3. The summed E-state index contributed by atoms with van der Waals surface area (Å²) in [5.74, 6) is -0.490. The molecule has 98 valence electrons. The van der Waals surface area contributed by atoms with Gasteiger partial charge in [0.15, 0.2) is 5.79 Å². The van der Waals surface area contributed by atoms with Crippen molar-refractivity contribution in [3.8, 4) is 0 Å². The van der Waals surface area contributed by atoms with Gasteiger partial charge >= 0.3 is 0 Å². The highest BCUT2D eigenvalue weighted by molar-refractivity contribution is 5.51. The molecule has 1 saturated carbocycles. The van der Waals surface area contributed by atoms with Gasteiger partial charge in [0, 0.05) is 11.8 Å². The molecule has 0 aromatic rings. The first kappa shape index (κ1) is 13.0. The van der Waals surface area contributed by atoms with Crippen molar-refractivity contribution < 1.29 is 14.3 Å². The van der Waals surface area contributed by atoms with Crippen LogP contribution in [0.25, 0.3) is 0 Å². The van der Waals surface area contributed by atoms with Gasteiger partial charge in [0.2, 0.25) is 0 Å². The highest BCUT2D eigenvalue weighted by Gasteiger charge is 2.44. The maximum atomic E-state index is 11.0. The lowest BCUT2D eigenvalue weighted by molar-refractivity contribution is -0.297. The van der Waals surface area contributed by atoms with Crippen molar-refractivity contribution in [2.24, 2.45) is 5.41 Å². The van der Waals surface area contributed by atoms with Crippen LogP contribution >= 0.6 is 0 Å². The maximum Gasteiger partial charge on any atom is 0.163 e. The predicted molar refractivity (Wildman–Crippen MR) is 65.7 cm³/mol. The van der Waals surface area contributed by atoms with Gasteiger partial charge in [0.05, 0.1) is 12.7 Å². The van der Waals surface area contributed by atoms with Crippen LogP contribution in [0.5, 0.6) is 0 Å². The number of hydrogen-bond donors (Lipinski definition) is 0. The summed E-state index contributed by atoms with van der Waals surface area (Å²) >= 11 is 0. The normalized spacial score (nSPS) is 32.0. The molecule has 2 rings (SSSR count). The Morgan fingerprint density at radius 3 is 2.53 bits per heavy atom. The molecule has 3 nitrogen and oxygen atoms in total. The topological polar surface area (TPSA) is 35.5 Å². The monoisotopic (exact) mass is 240 g/mol. The first-order valence-corrected chi connectivity index (χ1v) is 6.83. The summed E-state index contributed by atoms with van der Waals surface area (Å²) in [7, 11) is 0. The fourth-order valence-electron chi connectivity index (χ4n) is 3.36. The first-order chi connectivity index (χ1) is 8.08. The third-order valence-corrected chi connectivity index (χ3v) is 4.28. The molecule has 1 atom stereocenters. The second-order valence-electron chi connectivity index (χ2n) is 5.94. The van der Waals surface area contributed by atoms with Crippen LogP contribution < -0.4 is 0 Å². The fourth-order valence-corrected chi connectivity index (χ4v) is 3.36. The van der Waals surface area contributed by atoms with E-state index in [4.69, 9.17) is 9.47 Å². The lowest BCUT2D eigenvalue weighted by Crippen LogP contribution is -2.49. The maximum absolute atomic E-state index is 11.0. The number of carbonyl (C=O) groups is 1. The number of carbonyl (C=O) groups excluding carboxylic acids is 1. The van der Waals surface area contributed by atoms with Crippen LogP contribution in [0, 0.1) is 5.41 Å². The second kappa shape index (κ2) is 5.07. The SMILES string of the molecule is CC1(C)OCCC(C2(CC=O)CCCCC2)O1. The number of aldehydes is 1. The van der Waals surface area contributed by atoms with Crippen LogP contribution in [0.2, 0.25) is 0 Å². The summed E-state index contributed by atoms with van der Waals surface area (Å²) in [6.07, 6.45) is 8.87. The van der Waals surface area contributed by atoms with E-state index in [-0.39, 0.29) is 11.5 Å². The average Bonchev–Trinajstić information content (AvgIpc) is 2.29. The Kier molecular flexibility index (Phi) is 3.88. The zero-order valence-corrected chi connectivity index (χ0v) is 11.0. The Balaban J connectivity index is 2.11. The van der Waals surface area contributed by atoms with E-state index in [1.165, 1.54) is 19.3 Å². The molecule has 0 N–H and O–H groups in total. The smallest absolute Gasteiger partial charge is 0.163 e. The van der Waals surface area contributed by atoms with Gasteiger partial charge in [-0.1, -0.05) is 19.3 Å². The Labute approximate surface area is 104 Å². The molecular weight excluding hydrogens is 216 g/mol. The van der Waals surface area contributed by atoms with Crippen molar-refractivity contribution in [2.45, 2.75) is 70.7 Å².